The lowest BCUT2D eigenvalue weighted by atomic mass is 10.1. The minimum atomic E-state index is -0.213. The summed E-state index contributed by atoms with van der Waals surface area (Å²) in [5.41, 5.74) is 4.56. The molecular weight excluding hydrogens is 238 g/mol. The molecule has 0 saturated carbocycles. The standard InChI is InChI=1S/C15H13N3O/c1-9-7-12-13(8-10(9)2)18-15(19)14(17-12)11-5-3-4-6-16-11/h3-8H,1-2H3,(H,18,19). The molecule has 0 bridgehead atoms. The lowest BCUT2D eigenvalue weighted by molar-refractivity contribution is 1.18. The number of nitrogens with zero attached hydrogens (tertiary/aromatic N) is 2. The predicted octanol–water partition coefficient (Wildman–Crippen LogP) is 2.60. The van der Waals surface area contributed by atoms with E-state index in [2.05, 4.69) is 15.0 Å². The Bertz CT molecular complexity index is 807. The fraction of sp³-hybridized carbons (Fsp3) is 0.133. The Hall–Kier alpha value is -2.49. The van der Waals surface area contributed by atoms with Crippen molar-refractivity contribution in [2.75, 3.05) is 0 Å². The maximum absolute atomic E-state index is 12.1. The van der Waals surface area contributed by atoms with E-state index in [9.17, 15) is 4.79 Å². The van der Waals surface area contributed by atoms with E-state index in [0.717, 1.165) is 22.2 Å². The van der Waals surface area contributed by atoms with Crippen molar-refractivity contribution in [1.29, 1.82) is 0 Å². The molecule has 0 amide bonds. The molecular formula is C15H13N3O. The first-order valence-corrected chi connectivity index (χ1v) is 6.08. The molecule has 4 heteroatoms. The number of aromatic amines is 1. The van der Waals surface area contributed by atoms with Crippen LogP contribution in [-0.2, 0) is 0 Å². The number of fused-ring (bicyclic) bond motifs is 1. The third kappa shape index (κ3) is 2.01. The van der Waals surface area contributed by atoms with Crippen LogP contribution in [0.3, 0.4) is 0 Å². The fourth-order valence-electron chi connectivity index (χ4n) is 2.02. The van der Waals surface area contributed by atoms with Gasteiger partial charge >= 0.3 is 0 Å². The third-order valence-electron chi connectivity index (χ3n) is 3.22. The summed E-state index contributed by atoms with van der Waals surface area (Å²) < 4.78 is 0. The van der Waals surface area contributed by atoms with Gasteiger partial charge in [0.05, 0.1) is 16.7 Å². The normalized spacial score (nSPS) is 10.8. The molecule has 0 unspecified atom stereocenters. The molecule has 0 spiro atoms. The van der Waals surface area contributed by atoms with Gasteiger partial charge in [-0.3, -0.25) is 9.78 Å². The summed E-state index contributed by atoms with van der Waals surface area (Å²) in [4.78, 5) is 23.6. The number of aryl methyl sites for hydroxylation is 2. The predicted molar refractivity (Wildman–Crippen MR) is 75.1 cm³/mol. The molecule has 0 aliphatic heterocycles. The van der Waals surface area contributed by atoms with E-state index >= 15 is 0 Å². The lowest BCUT2D eigenvalue weighted by Gasteiger charge is -2.05. The van der Waals surface area contributed by atoms with Crippen LogP contribution in [0.5, 0.6) is 0 Å². The smallest absolute Gasteiger partial charge is 0.276 e. The molecule has 19 heavy (non-hydrogen) atoms. The van der Waals surface area contributed by atoms with Crippen molar-refractivity contribution in [2.45, 2.75) is 13.8 Å². The highest BCUT2D eigenvalue weighted by Crippen LogP contribution is 2.17. The first-order valence-electron chi connectivity index (χ1n) is 6.08. The number of aromatic nitrogens is 3. The second-order valence-corrected chi connectivity index (χ2v) is 4.58. The van der Waals surface area contributed by atoms with E-state index in [1.54, 1.807) is 12.3 Å². The zero-order chi connectivity index (χ0) is 13.4. The molecule has 3 rings (SSSR count). The van der Waals surface area contributed by atoms with E-state index < -0.39 is 0 Å². The topological polar surface area (TPSA) is 58.6 Å². The van der Waals surface area contributed by atoms with Crippen LogP contribution >= 0.6 is 0 Å². The molecule has 1 N–H and O–H groups in total. The largest absolute Gasteiger partial charge is 0.319 e. The molecule has 0 radical (unpaired) electrons. The summed E-state index contributed by atoms with van der Waals surface area (Å²) in [7, 11) is 0. The van der Waals surface area contributed by atoms with Gasteiger partial charge in [0.2, 0.25) is 0 Å². The van der Waals surface area contributed by atoms with Gasteiger partial charge in [0.15, 0.2) is 5.69 Å². The van der Waals surface area contributed by atoms with Crippen molar-refractivity contribution in [3.05, 3.63) is 58.0 Å². The molecule has 0 fully saturated rings. The minimum Gasteiger partial charge on any atom is -0.319 e. The first kappa shape index (κ1) is 11.6. The monoisotopic (exact) mass is 251 g/mol. The summed E-state index contributed by atoms with van der Waals surface area (Å²) in [6.45, 7) is 4.04. The highest BCUT2D eigenvalue weighted by molar-refractivity contribution is 5.78. The summed E-state index contributed by atoms with van der Waals surface area (Å²) in [6, 6.07) is 9.36. The van der Waals surface area contributed by atoms with Gasteiger partial charge in [-0.05, 0) is 49.2 Å². The Labute approximate surface area is 110 Å². The fourth-order valence-corrected chi connectivity index (χ4v) is 2.02. The minimum absolute atomic E-state index is 0.213. The zero-order valence-electron chi connectivity index (χ0n) is 10.8. The van der Waals surface area contributed by atoms with Crippen molar-refractivity contribution in [3.63, 3.8) is 0 Å². The maximum Gasteiger partial charge on any atom is 0.276 e. The van der Waals surface area contributed by atoms with Gasteiger partial charge in [0, 0.05) is 6.20 Å². The van der Waals surface area contributed by atoms with Crippen LogP contribution in [0.25, 0.3) is 22.4 Å². The maximum atomic E-state index is 12.1. The highest BCUT2D eigenvalue weighted by atomic mass is 16.1. The molecule has 0 aliphatic carbocycles. The Kier molecular flexibility index (Phi) is 2.63. The third-order valence-corrected chi connectivity index (χ3v) is 3.22. The van der Waals surface area contributed by atoms with E-state index in [4.69, 9.17) is 0 Å². The van der Waals surface area contributed by atoms with Gasteiger partial charge in [-0.15, -0.1) is 0 Å². The van der Waals surface area contributed by atoms with Gasteiger partial charge < -0.3 is 4.98 Å². The van der Waals surface area contributed by atoms with Gasteiger partial charge in [0.1, 0.15) is 0 Å². The van der Waals surface area contributed by atoms with Crippen LogP contribution in [0.15, 0.2) is 41.3 Å². The number of benzene rings is 1. The second-order valence-electron chi connectivity index (χ2n) is 4.58. The number of rotatable bonds is 1. The average Bonchev–Trinajstić information content (AvgIpc) is 2.41. The van der Waals surface area contributed by atoms with E-state index in [0.29, 0.717) is 11.4 Å². The Morgan fingerprint density at radius 3 is 2.63 bits per heavy atom. The van der Waals surface area contributed by atoms with Gasteiger partial charge in [-0.2, -0.15) is 0 Å². The van der Waals surface area contributed by atoms with E-state index in [-0.39, 0.29) is 5.56 Å². The first-order chi connectivity index (χ1) is 9.15. The summed E-state index contributed by atoms with van der Waals surface area (Å²) >= 11 is 0. The van der Waals surface area contributed by atoms with Crippen LogP contribution in [0, 0.1) is 13.8 Å². The van der Waals surface area contributed by atoms with Crippen molar-refractivity contribution in [3.8, 4) is 11.4 Å². The highest BCUT2D eigenvalue weighted by Gasteiger charge is 2.09. The second kappa shape index (κ2) is 4.31. The Morgan fingerprint density at radius 1 is 1.11 bits per heavy atom. The molecule has 1 aromatic carbocycles. The van der Waals surface area contributed by atoms with Crippen LogP contribution < -0.4 is 5.56 Å². The molecule has 0 saturated heterocycles. The Balaban J connectivity index is 2.31. The molecule has 2 heterocycles. The van der Waals surface area contributed by atoms with Crippen molar-refractivity contribution < 1.29 is 0 Å². The molecule has 0 atom stereocenters. The molecule has 2 aromatic heterocycles. The number of hydrogen-bond donors (Lipinski definition) is 1. The molecule has 0 aliphatic rings. The lowest BCUT2D eigenvalue weighted by Crippen LogP contribution is -2.12. The summed E-state index contributed by atoms with van der Waals surface area (Å²) in [5, 5.41) is 0. The van der Waals surface area contributed by atoms with E-state index in [1.807, 2.05) is 38.1 Å². The van der Waals surface area contributed by atoms with Crippen LogP contribution in [-0.4, -0.2) is 15.0 Å². The van der Waals surface area contributed by atoms with Crippen LogP contribution in [0.1, 0.15) is 11.1 Å². The number of pyridine rings is 1. The van der Waals surface area contributed by atoms with Gasteiger partial charge in [-0.25, -0.2) is 4.98 Å². The van der Waals surface area contributed by atoms with Gasteiger partial charge in [-0.1, -0.05) is 6.07 Å². The molecule has 3 aromatic rings. The zero-order valence-corrected chi connectivity index (χ0v) is 10.8. The quantitative estimate of drug-likeness (QED) is 0.723. The summed E-state index contributed by atoms with van der Waals surface area (Å²) in [6.07, 6.45) is 1.65. The number of H-pyrrole nitrogens is 1. The van der Waals surface area contributed by atoms with Crippen molar-refractivity contribution >= 4 is 11.0 Å². The SMILES string of the molecule is Cc1cc2nc(-c3ccccn3)c(=O)[nH]c2cc1C. The summed E-state index contributed by atoms with van der Waals surface area (Å²) in [5.74, 6) is 0. The molecule has 4 nitrogen and oxygen atoms in total. The van der Waals surface area contributed by atoms with Crippen LogP contribution in [0.4, 0.5) is 0 Å². The van der Waals surface area contributed by atoms with Crippen molar-refractivity contribution in [2.24, 2.45) is 0 Å². The van der Waals surface area contributed by atoms with Gasteiger partial charge in [0.25, 0.3) is 5.56 Å². The van der Waals surface area contributed by atoms with Crippen molar-refractivity contribution in [1.82, 2.24) is 15.0 Å². The number of nitrogens with one attached hydrogen (secondary N) is 1. The Morgan fingerprint density at radius 2 is 1.89 bits per heavy atom. The average molecular weight is 251 g/mol. The molecule has 94 valence electrons. The van der Waals surface area contributed by atoms with E-state index in [1.165, 1.54) is 0 Å². The number of hydrogen-bond acceptors (Lipinski definition) is 3. The van der Waals surface area contributed by atoms with Crippen LogP contribution in [0.2, 0.25) is 0 Å².